The first-order valence-corrected chi connectivity index (χ1v) is 8.75. The van der Waals surface area contributed by atoms with Crippen LogP contribution in [0.15, 0.2) is 59.8 Å². The summed E-state index contributed by atoms with van der Waals surface area (Å²) in [6, 6.07) is 13.8. The Labute approximate surface area is 158 Å². The summed E-state index contributed by atoms with van der Waals surface area (Å²) in [6.45, 7) is 4.36. The number of hydrogen-bond acceptors (Lipinski definition) is 4. The topological polar surface area (TPSA) is 59.2 Å². The zero-order chi connectivity index (χ0) is 17.2. The number of aromatic nitrogens is 1. The molecular weight excluding hydrogens is 354 g/mol. The highest BCUT2D eigenvalue weighted by atomic mass is 35.5. The SMILES string of the molecule is CC(C)(N)CN1C(=O)C(=Cc2ccccc2)SC1c1cccnc1.Cl. The van der Waals surface area contributed by atoms with Crippen molar-refractivity contribution in [2.45, 2.75) is 24.8 Å². The standard InChI is InChI=1S/C19H21N3OS.ClH/c1-19(2,20)13-22-17(23)16(11-14-7-4-3-5-8-14)24-18(22)15-9-6-10-21-12-15;/h3-12,18H,13,20H2,1-2H3;1H. The largest absolute Gasteiger partial charge is 0.324 e. The van der Waals surface area contributed by atoms with Crippen LogP contribution in [0.5, 0.6) is 0 Å². The Hall–Kier alpha value is -1.82. The van der Waals surface area contributed by atoms with Crippen LogP contribution >= 0.6 is 24.2 Å². The van der Waals surface area contributed by atoms with Crippen LogP contribution in [0.3, 0.4) is 0 Å². The highest BCUT2D eigenvalue weighted by Crippen LogP contribution is 2.46. The number of amides is 1. The van der Waals surface area contributed by atoms with Gasteiger partial charge in [0.2, 0.25) is 0 Å². The molecule has 1 atom stereocenters. The average molecular weight is 376 g/mol. The summed E-state index contributed by atoms with van der Waals surface area (Å²) in [6.07, 6.45) is 5.50. The van der Waals surface area contributed by atoms with Crippen molar-refractivity contribution >= 4 is 36.2 Å². The van der Waals surface area contributed by atoms with E-state index in [4.69, 9.17) is 5.73 Å². The molecular formula is C19H22ClN3OS. The van der Waals surface area contributed by atoms with Crippen LogP contribution in [0.4, 0.5) is 0 Å². The minimum atomic E-state index is -0.459. The maximum absolute atomic E-state index is 12.9. The molecule has 0 saturated carbocycles. The van der Waals surface area contributed by atoms with E-state index in [2.05, 4.69) is 4.98 Å². The summed E-state index contributed by atoms with van der Waals surface area (Å²) in [5, 5.41) is -0.0935. The van der Waals surface area contributed by atoms with Gasteiger partial charge in [-0.15, -0.1) is 12.4 Å². The van der Waals surface area contributed by atoms with Gasteiger partial charge in [-0.05, 0) is 31.6 Å². The molecule has 1 amide bonds. The Balaban J connectivity index is 0.00000225. The molecule has 1 aliphatic rings. The number of pyridine rings is 1. The van der Waals surface area contributed by atoms with Gasteiger partial charge in [0.05, 0.1) is 4.91 Å². The van der Waals surface area contributed by atoms with Gasteiger partial charge in [0, 0.05) is 30.0 Å². The van der Waals surface area contributed by atoms with Gasteiger partial charge >= 0.3 is 0 Å². The van der Waals surface area contributed by atoms with Gasteiger partial charge < -0.3 is 10.6 Å². The molecule has 0 radical (unpaired) electrons. The lowest BCUT2D eigenvalue weighted by Gasteiger charge is -2.30. The maximum atomic E-state index is 12.9. The third kappa shape index (κ3) is 4.84. The first-order chi connectivity index (χ1) is 11.4. The summed E-state index contributed by atoms with van der Waals surface area (Å²) in [7, 11) is 0. The van der Waals surface area contributed by atoms with Crippen LogP contribution in [0, 0.1) is 0 Å². The number of halogens is 1. The van der Waals surface area contributed by atoms with E-state index in [0.29, 0.717) is 6.54 Å². The number of nitrogens with zero attached hydrogens (tertiary/aromatic N) is 2. The van der Waals surface area contributed by atoms with E-state index in [-0.39, 0.29) is 23.7 Å². The lowest BCUT2D eigenvalue weighted by atomic mass is 10.1. The van der Waals surface area contributed by atoms with Crippen molar-refractivity contribution < 1.29 is 4.79 Å². The van der Waals surface area contributed by atoms with Crippen molar-refractivity contribution in [3.8, 4) is 0 Å². The minimum Gasteiger partial charge on any atom is -0.324 e. The molecule has 4 nitrogen and oxygen atoms in total. The summed E-state index contributed by atoms with van der Waals surface area (Å²) in [5.41, 5.74) is 7.75. The van der Waals surface area contributed by atoms with Gasteiger partial charge in [0.15, 0.2) is 0 Å². The van der Waals surface area contributed by atoms with Crippen LogP contribution in [0.2, 0.25) is 0 Å². The van der Waals surface area contributed by atoms with Gasteiger partial charge in [-0.3, -0.25) is 9.78 Å². The van der Waals surface area contributed by atoms with Crippen LogP contribution in [-0.2, 0) is 4.79 Å². The number of carbonyl (C=O) groups excluding carboxylic acids is 1. The van der Waals surface area contributed by atoms with Crippen molar-refractivity contribution in [2.24, 2.45) is 5.73 Å². The Morgan fingerprint density at radius 1 is 1.24 bits per heavy atom. The number of hydrogen-bond donors (Lipinski definition) is 1. The van der Waals surface area contributed by atoms with Gasteiger partial charge in [0.25, 0.3) is 5.91 Å². The Kier molecular flexibility index (Phi) is 6.27. The normalized spacial score (nSPS) is 19.2. The second-order valence-electron chi connectivity index (χ2n) is 6.60. The molecule has 0 bridgehead atoms. The fraction of sp³-hybridized carbons (Fsp3) is 0.263. The predicted molar refractivity (Wildman–Crippen MR) is 106 cm³/mol. The number of rotatable bonds is 4. The summed E-state index contributed by atoms with van der Waals surface area (Å²) in [5.74, 6) is 0.0243. The van der Waals surface area contributed by atoms with Crippen LogP contribution in [0.25, 0.3) is 6.08 Å². The number of benzene rings is 1. The molecule has 0 aliphatic carbocycles. The first-order valence-electron chi connectivity index (χ1n) is 7.87. The molecule has 132 valence electrons. The molecule has 6 heteroatoms. The fourth-order valence-corrected chi connectivity index (χ4v) is 3.88. The van der Waals surface area contributed by atoms with Gasteiger partial charge in [0.1, 0.15) is 5.37 Å². The Morgan fingerprint density at radius 3 is 2.56 bits per heavy atom. The summed E-state index contributed by atoms with van der Waals surface area (Å²) >= 11 is 1.56. The van der Waals surface area contributed by atoms with E-state index in [1.807, 2.05) is 73.5 Å². The fourth-order valence-electron chi connectivity index (χ4n) is 2.64. The van der Waals surface area contributed by atoms with Crippen molar-refractivity contribution in [3.63, 3.8) is 0 Å². The molecule has 1 fully saturated rings. The van der Waals surface area contributed by atoms with E-state index in [1.54, 1.807) is 18.0 Å². The summed E-state index contributed by atoms with van der Waals surface area (Å²) in [4.78, 5) is 19.7. The third-order valence-corrected chi connectivity index (χ3v) is 4.93. The van der Waals surface area contributed by atoms with E-state index >= 15 is 0 Å². The molecule has 2 N–H and O–H groups in total. The van der Waals surface area contributed by atoms with E-state index < -0.39 is 5.54 Å². The number of thioether (sulfide) groups is 1. The molecule has 2 heterocycles. The lowest BCUT2D eigenvalue weighted by Crippen LogP contribution is -2.46. The monoisotopic (exact) mass is 375 g/mol. The van der Waals surface area contributed by atoms with E-state index in [1.165, 1.54) is 0 Å². The molecule has 2 aromatic rings. The Morgan fingerprint density at radius 2 is 1.96 bits per heavy atom. The molecule has 1 unspecified atom stereocenters. The lowest BCUT2D eigenvalue weighted by molar-refractivity contribution is -0.126. The molecule has 1 aliphatic heterocycles. The highest BCUT2D eigenvalue weighted by molar-refractivity contribution is 8.04. The predicted octanol–water partition coefficient (Wildman–Crippen LogP) is 3.86. The smallest absolute Gasteiger partial charge is 0.261 e. The van der Waals surface area contributed by atoms with Crippen molar-refractivity contribution in [2.75, 3.05) is 6.54 Å². The van der Waals surface area contributed by atoms with Gasteiger partial charge in [-0.1, -0.05) is 48.2 Å². The maximum Gasteiger partial charge on any atom is 0.261 e. The molecule has 0 spiro atoms. The van der Waals surface area contributed by atoms with Crippen molar-refractivity contribution in [3.05, 3.63) is 70.9 Å². The quantitative estimate of drug-likeness (QED) is 0.824. The van der Waals surface area contributed by atoms with Gasteiger partial charge in [-0.25, -0.2) is 0 Å². The highest BCUT2D eigenvalue weighted by Gasteiger charge is 2.39. The summed E-state index contributed by atoms with van der Waals surface area (Å²) < 4.78 is 0. The second kappa shape index (κ2) is 8.04. The first kappa shape index (κ1) is 19.5. The van der Waals surface area contributed by atoms with E-state index in [0.717, 1.165) is 16.0 Å². The van der Waals surface area contributed by atoms with Crippen molar-refractivity contribution in [1.82, 2.24) is 9.88 Å². The number of nitrogens with two attached hydrogens (primary N) is 1. The second-order valence-corrected chi connectivity index (χ2v) is 7.72. The van der Waals surface area contributed by atoms with Crippen LogP contribution in [0.1, 0.15) is 30.3 Å². The molecule has 1 aromatic carbocycles. The zero-order valence-electron chi connectivity index (χ0n) is 14.3. The van der Waals surface area contributed by atoms with Crippen molar-refractivity contribution in [1.29, 1.82) is 0 Å². The van der Waals surface area contributed by atoms with Gasteiger partial charge in [-0.2, -0.15) is 0 Å². The van der Waals surface area contributed by atoms with E-state index in [9.17, 15) is 4.79 Å². The molecule has 1 aromatic heterocycles. The minimum absolute atomic E-state index is 0. The molecule has 1 saturated heterocycles. The third-order valence-electron chi connectivity index (χ3n) is 3.64. The van der Waals surface area contributed by atoms with Crippen LogP contribution in [-0.4, -0.2) is 27.9 Å². The Bertz CT molecular complexity index is 744. The number of carbonyl (C=O) groups is 1. The average Bonchev–Trinajstić information content (AvgIpc) is 2.85. The zero-order valence-corrected chi connectivity index (χ0v) is 15.9. The van der Waals surface area contributed by atoms with Crippen LogP contribution < -0.4 is 5.73 Å². The molecule has 3 rings (SSSR count). The molecule has 25 heavy (non-hydrogen) atoms.